The molecule has 1 aromatic carbocycles. The third kappa shape index (κ3) is 3.11. The minimum absolute atomic E-state index is 0.0158. The van der Waals surface area contributed by atoms with E-state index in [4.69, 9.17) is 10.5 Å². The van der Waals surface area contributed by atoms with Crippen LogP contribution in [0.2, 0.25) is 0 Å². The highest BCUT2D eigenvalue weighted by molar-refractivity contribution is 6.10. The molecule has 5 N–H and O–H groups in total. The standard InChI is InChI=1S/C19H20N6O3/c1-21-19(27)16-12-8-13(11-6-5-10(20)7-14(11)28-2)22-15(12)17(25-24-16)23-18(26)9-3-4-9/h5-9,22H,3-4,20H2,1-2H3,(H,21,27)(H,23,25,26). The number of rotatable bonds is 5. The van der Waals surface area contributed by atoms with E-state index in [2.05, 4.69) is 25.8 Å². The number of anilines is 2. The lowest BCUT2D eigenvalue weighted by Gasteiger charge is -2.08. The van der Waals surface area contributed by atoms with E-state index in [0.717, 1.165) is 18.4 Å². The normalized spacial score (nSPS) is 13.4. The first-order valence-corrected chi connectivity index (χ1v) is 8.88. The molecule has 9 nitrogen and oxygen atoms in total. The molecule has 2 heterocycles. The molecule has 0 spiro atoms. The van der Waals surface area contributed by atoms with Gasteiger partial charge in [-0.25, -0.2) is 0 Å². The van der Waals surface area contributed by atoms with Crippen LogP contribution in [0.3, 0.4) is 0 Å². The van der Waals surface area contributed by atoms with E-state index in [-0.39, 0.29) is 23.4 Å². The van der Waals surface area contributed by atoms with Gasteiger partial charge in [-0.3, -0.25) is 9.59 Å². The quantitative estimate of drug-likeness (QED) is 0.500. The van der Waals surface area contributed by atoms with Crippen LogP contribution in [0.25, 0.3) is 22.2 Å². The van der Waals surface area contributed by atoms with Crippen LogP contribution in [0.15, 0.2) is 24.3 Å². The molecule has 1 aliphatic carbocycles. The smallest absolute Gasteiger partial charge is 0.272 e. The molecule has 0 bridgehead atoms. The molecule has 0 unspecified atom stereocenters. The Hall–Kier alpha value is -3.62. The molecule has 4 rings (SSSR count). The first-order chi connectivity index (χ1) is 13.5. The Labute approximate surface area is 160 Å². The van der Waals surface area contributed by atoms with Gasteiger partial charge in [0.1, 0.15) is 5.75 Å². The van der Waals surface area contributed by atoms with Gasteiger partial charge in [0.25, 0.3) is 5.91 Å². The van der Waals surface area contributed by atoms with E-state index in [1.165, 1.54) is 7.05 Å². The predicted molar refractivity (Wildman–Crippen MR) is 105 cm³/mol. The Morgan fingerprint density at radius 2 is 2.04 bits per heavy atom. The molecule has 1 aliphatic rings. The van der Waals surface area contributed by atoms with Crippen LogP contribution >= 0.6 is 0 Å². The Balaban J connectivity index is 1.87. The van der Waals surface area contributed by atoms with Crippen molar-refractivity contribution in [2.75, 3.05) is 25.2 Å². The van der Waals surface area contributed by atoms with Crippen molar-refractivity contribution in [3.05, 3.63) is 30.0 Å². The Morgan fingerprint density at radius 1 is 1.25 bits per heavy atom. The van der Waals surface area contributed by atoms with E-state index in [0.29, 0.717) is 33.9 Å². The Morgan fingerprint density at radius 3 is 2.71 bits per heavy atom. The number of aromatic amines is 1. The number of benzene rings is 1. The van der Waals surface area contributed by atoms with Crippen LogP contribution in [-0.4, -0.2) is 41.2 Å². The molecule has 0 aliphatic heterocycles. The van der Waals surface area contributed by atoms with Crippen molar-refractivity contribution >= 4 is 34.2 Å². The summed E-state index contributed by atoms with van der Waals surface area (Å²) in [6.45, 7) is 0. The first-order valence-electron chi connectivity index (χ1n) is 8.88. The van der Waals surface area contributed by atoms with Crippen molar-refractivity contribution in [3.8, 4) is 17.0 Å². The number of nitrogens with zero attached hydrogens (tertiary/aromatic N) is 2. The zero-order valence-electron chi connectivity index (χ0n) is 15.5. The average molecular weight is 380 g/mol. The van der Waals surface area contributed by atoms with Gasteiger partial charge in [-0.2, -0.15) is 0 Å². The largest absolute Gasteiger partial charge is 0.496 e. The second-order valence-corrected chi connectivity index (χ2v) is 6.67. The third-order valence-electron chi connectivity index (χ3n) is 4.71. The molecule has 2 aromatic heterocycles. The number of carbonyl (C=O) groups excluding carboxylic acids is 2. The van der Waals surface area contributed by atoms with Crippen molar-refractivity contribution in [3.63, 3.8) is 0 Å². The monoisotopic (exact) mass is 380 g/mol. The number of ether oxygens (including phenoxy) is 1. The van der Waals surface area contributed by atoms with Gasteiger partial charge in [-0.1, -0.05) is 0 Å². The lowest BCUT2D eigenvalue weighted by Crippen LogP contribution is -2.21. The summed E-state index contributed by atoms with van der Waals surface area (Å²) in [7, 11) is 3.08. The highest BCUT2D eigenvalue weighted by atomic mass is 16.5. The minimum Gasteiger partial charge on any atom is -0.496 e. The predicted octanol–water partition coefficient (Wildman–Crippen LogP) is 1.92. The van der Waals surface area contributed by atoms with Gasteiger partial charge in [0.2, 0.25) is 5.91 Å². The molecule has 1 fully saturated rings. The zero-order valence-corrected chi connectivity index (χ0v) is 15.5. The molecule has 144 valence electrons. The number of nitrogen functional groups attached to an aromatic ring is 1. The highest BCUT2D eigenvalue weighted by Gasteiger charge is 2.31. The second-order valence-electron chi connectivity index (χ2n) is 6.67. The molecular formula is C19H20N6O3. The lowest BCUT2D eigenvalue weighted by atomic mass is 10.1. The summed E-state index contributed by atoms with van der Waals surface area (Å²) < 4.78 is 5.43. The fraction of sp³-hybridized carbons (Fsp3) is 0.263. The van der Waals surface area contributed by atoms with Gasteiger partial charge in [0.15, 0.2) is 11.5 Å². The highest BCUT2D eigenvalue weighted by Crippen LogP contribution is 2.36. The molecule has 9 heteroatoms. The molecule has 3 aromatic rings. The van der Waals surface area contributed by atoms with Gasteiger partial charge in [-0.05, 0) is 31.0 Å². The summed E-state index contributed by atoms with van der Waals surface area (Å²) >= 11 is 0. The van der Waals surface area contributed by atoms with E-state index in [1.54, 1.807) is 25.3 Å². The summed E-state index contributed by atoms with van der Waals surface area (Å²) in [6, 6.07) is 7.08. The number of methoxy groups -OCH3 is 1. The number of fused-ring (bicyclic) bond motifs is 1. The number of aromatic nitrogens is 3. The van der Waals surface area contributed by atoms with Crippen molar-refractivity contribution in [2.24, 2.45) is 5.92 Å². The second kappa shape index (κ2) is 6.84. The first kappa shape index (κ1) is 17.8. The molecule has 0 atom stereocenters. The van der Waals surface area contributed by atoms with Crippen LogP contribution in [0.5, 0.6) is 5.75 Å². The van der Waals surface area contributed by atoms with Crippen LogP contribution in [0.4, 0.5) is 11.5 Å². The Bertz CT molecular complexity index is 1090. The van der Waals surface area contributed by atoms with Crippen LogP contribution in [0, 0.1) is 5.92 Å². The molecule has 1 saturated carbocycles. The molecule has 0 radical (unpaired) electrons. The van der Waals surface area contributed by atoms with Crippen molar-refractivity contribution in [1.29, 1.82) is 0 Å². The molecular weight excluding hydrogens is 360 g/mol. The SMILES string of the molecule is CNC(=O)c1nnc(NC(=O)C2CC2)c2[nH]c(-c3ccc(N)cc3OC)cc12. The summed E-state index contributed by atoms with van der Waals surface area (Å²) in [5.41, 5.74) is 8.55. The molecule has 0 saturated heterocycles. The number of hydrogen-bond donors (Lipinski definition) is 4. The maximum absolute atomic E-state index is 12.2. The van der Waals surface area contributed by atoms with Crippen LogP contribution in [0.1, 0.15) is 23.3 Å². The average Bonchev–Trinajstić information content (AvgIpc) is 3.46. The molecule has 28 heavy (non-hydrogen) atoms. The maximum Gasteiger partial charge on any atom is 0.272 e. The molecule has 2 amide bonds. The van der Waals surface area contributed by atoms with Gasteiger partial charge >= 0.3 is 0 Å². The number of hydrogen-bond acceptors (Lipinski definition) is 6. The third-order valence-corrected chi connectivity index (χ3v) is 4.71. The van der Waals surface area contributed by atoms with Gasteiger partial charge < -0.3 is 26.1 Å². The topological polar surface area (TPSA) is 135 Å². The van der Waals surface area contributed by atoms with Gasteiger partial charge in [0.05, 0.1) is 18.3 Å². The van der Waals surface area contributed by atoms with Gasteiger partial charge in [0, 0.05) is 35.7 Å². The summed E-state index contributed by atoms with van der Waals surface area (Å²) in [4.78, 5) is 27.7. The summed E-state index contributed by atoms with van der Waals surface area (Å²) in [6.07, 6.45) is 1.74. The van der Waals surface area contributed by atoms with Crippen LogP contribution < -0.4 is 21.1 Å². The fourth-order valence-electron chi connectivity index (χ4n) is 3.05. The number of nitrogens with two attached hydrogens (primary N) is 1. The van der Waals surface area contributed by atoms with E-state index in [1.807, 2.05) is 6.07 Å². The number of H-pyrrole nitrogens is 1. The van der Waals surface area contributed by atoms with E-state index in [9.17, 15) is 9.59 Å². The van der Waals surface area contributed by atoms with Gasteiger partial charge in [-0.15, -0.1) is 10.2 Å². The minimum atomic E-state index is -0.368. The number of nitrogens with one attached hydrogen (secondary N) is 3. The fourth-order valence-corrected chi connectivity index (χ4v) is 3.05. The van der Waals surface area contributed by atoms with E-state index < -0.39 is 0 Å². The Kier molecular flexibility index (Phi) is 4.34. The number of amides is 2. The van der Waals surface area contributed by atoms with E-state index >= 15 is 0 Å². The van der Waals surface area contributed by atoms with Crippen molar-refractivity contribution in [1.82, 2.24) is 20.5 Å². The summed E-state index contributed by atoms with van der Waals surface area (Å²) in [5.74, 6) is 0.428. The summed E-state index contributed by atoms with van der Waals surface area (Å²) in [5, 5.41) is 14.0. The maximum atomic E-state index is 12.2. The van der Waals surface area contributed by atoms with Crippen LogP contribution in [-0.2, 0) is 4.79 Å². The van der Waals surface area contributed by atoms with Crippen molar-refractivity contribution < 1.29 is 14.3 Å². The van der Waals surface area contributed by atoms with Crippen molar-refractivity contribution in [2.45, 2.75) is 12.8 Å². The number of carbonyl (C=O) groups is 2. The lowest BCUT2D eigenvalue weighted by molar-refractivity contribution is -0.117. The zero-order chi connectivity index (χ0) is 19.8.